The van der Waals surface area contributed by atoms with Crippen LogP contribution in [-0.4, -0.2) is 31.4 Å². The van der Waals surface area contributed by atoms with Gasteiger partial charge in [0.25, 0.3) is 5.91 Å². The monoisotopic (exact) mass is 389 g/mol. The summed E-state index contributed by atoms with van der Waals surface area (Å²) in [5.41, 5.74) is 3.58. The molecule has 150 valence electrons. The first kappa shape index (κ1) is 19.4. The third kappa shape index (κ3) is 4.74. The molecular formula is C24H29N4O+. The molecule has 1 atom stereocenters. The van der Waals surface area contributed by atoms with Crippen LogP contribution in [0.5, 0.6) is 0 Å². The lowest BCUT2D eigenvalue weighted by Gasteiger charge is -2.22. The quantitative estimate of drug-likeness (QED) is 0.756. The molecule has 2 aliphatic heterocycles. The molecule has 0 bridgehead atoms. The number of hydrogen-bond acceptors (Lipinski definition) is 3. The first-order chi connectivity index (χ1) is 14.2. The van der Waals surface area contributed by atoms with Gasteiger partial charge in [-0.05, 0) is 43.4 Å². The van der Waals surface area contributed by atoms with Crippen molar-refractivity contribution in [1.29, 1.82) is 0 Å². The van der Waals surface area contributed by atoms with Gasteiger partial charge in [0.2, 0.25) is 0 Å². The molecule has 3 N–H and O–H groups in total. The Balaban J connectivity index is 1.61. The van der Waals surface area contributed by atoms with Gasteiger partial charge in [0.15, 0.2) is 6.54 Å². The second kappa shape index (κ2) is 9.05. The van der Waals surface area contributed by atoms with E-state index in [1.54, 1.807) is 0 Å². The second-order valence-electron chi connectivity index (χ2n) is 7.90. The summed E-state index contributed by atoms with van der Waals surface area (Å²) in [6, 6.07) is 18.0. The van der Waals surface area contributed by atoms with Gasteiger partial charge in [0, 0.05) is 5.70 Å². The fraction of sp³-hybridized carbons (Fsp3) is 0.333. The fourth-order valence-corrected chi connectivity index (χ4v) is 4.21. The van der Waals surface area contributed by atoms with E-state index in [4.69, 9.17) is 4.99 Å². The number of likely N-dealkylation sites (tertiary alicyclic amines) is 1. The highest BCUT2D eigenvalue weighted by molar-refractivity contribution is 6.06. The third-order valence-corrected chi connectivity index (χ3v) is 5.68. The number of hydrogen-bond donors (Lipinski definition) is 3. The first-order valence-corrected chi connectivity index (χ1v) is 10.5. The van der Waals surface area contributed by atoms with E-state index in [2.05, 4.69) is 29.3 Å². The van der Waals surface area contributed by atoms with Crippen LogP contribution in [0.15, 0.2) is 71.9 Å². The van der Waals surface area contributed by atoms with Crippen molar-refractivity contribution < 1.29 is 9.69 Å². The Hall–Kier alpha value is -2.92. The molecule has 2 aliphatic rings. The van der Waals surface area contributed by atoms with Crippen LogP contribution in [0.1, 0.15) is 37.2 Å². The molecule has 1 fully saturated rings. The van der Waals surface area contributed by atoms with Crippen molar-refractivity contribution in [2.24, 2.45) is 4.99 Å². The van der Waals surface area contributed by atoms with Gasteiger partial charge >= 0.3 is 0 Å². The number of carbonyl (C=O) groups is 1. The van der Waals surface area contributed by atoms with E-state index in [0.29, 0.717) is 12.4 Å². The van der Waals surface area contributed by atoms with Crippen LogP contribution in [-0.2, 0) is 4.79 Å². The molecule has 0 spiro atoms. The Morgan fingerprint density at radius 3 is 2.48 bits per heavy atom. The Morgan fingerprint density at radius 2 is 1.72 bits per heavy atom. The Kier molecular flexibility index (Phi) is 6.06. The molecule has 0 aromatic heterocycles. The summed E-state index contributed by atoms with van der Waals surface area (Å²) in [6.45, 7) is 6.89. The Bertz CT molecular complexity index is 898. The van der Waals surface area contributed by atoms with Crippen molar-refractivity contribution in [2.75, 3.05) is 25.0 Å². The summed E-state index contributed by atoms with van der Waals surface area (Å²) < 4.78 is 0. The lowest BCUT2D eigenvalue weighted by atomic mass is 9.94. The van der Waals surface area contributed by atoms with Gasteiger partial charge in [0.1, 0.15) is 5.84 Å². The maximum absolute atomic E-state index is 12.9. The fourth-order valence-electron chi connectivity index (χ4n) is 4.21. The van der Waals surface area contributed by atoms with Gasteiger partial charge in [-0.25, -0.2) is 4.99 Å². The molecule has 0 saturated carbocycles. The second-order valence-corrected chi connectivity index (χ2v) is 7.90. The lowest BCUT2D eigenvalue weighted by molar-refractivity contribution is -0.891. The lowest BCUT2D eigenvalue weighted by Crippen LogP contribution is -3.13. The maximum atomic E-state index is 12.9. The number of quaternary nitrogens is 1. The number of aliphatic imine (C=N–C) groups is 1. The van der Waals surface area contributed by atoms with E-state index in [1.165, 1.54) is 30.6 Å². The number of para-hydroxylation sites is 2. The molecular weight excluding hydrogens is 360 g/mol. The number of rotatable bonds is 3. The number of fused-ring (bicyclic) bond motifs is 1. The Morgan fingerprint density at radius 1 is 1.03 bits per heavy atom. The van der Waals surface area contributed by atoms with E-state index in [-0.39, 0.29) is 11.8 Å². The zero-order valence-corrected chi connectivity index (χ0v) is 16.8. The average Bonchev–Trinajstić information content (AvgIpc) is 3.05. The predicted molar refractivity (Wildman–Crippen MR) is 118 cm³/mol. The largest absolute Gasteiger partial charge is 0.357 e. The van der Waals surface area contributed by atoms with Crippen LogP contribution in [0.25, 0.3) is 0 Å². The number of carbonyl (C=O) groups excluding carboxylic acids is 1. The molecule has 1 unspecified atom stereocenters. The van der Waals surface area contributed by atoms with Crippen LogP contribution in [0.2, 0.25) is 0 Å². The number of nitrogens with zero attached hydrogens (tertiary/aromatic N) is 1. The summed E-state index contributed by atoms with van der Waals surface area (Å²) >= 11 is 0. The maximum Gasteiger partial charge on any atom is 0.280 e. The van der Waals surface area contributed by atoms with Crippen molar-refractivity contribution in [1.82, 2.24) is 5.32 Å². The molecule has 0 radical (unpaired) electrons. The summed E-state index contributed by atoms with van der Waals surface area (Å²) in [5.74, 6) is 0.443. The molecule has 2 aromatic carbocycles. The van der Waals surface area contributed by atoms with Crippen LogP contribution in [0.3, 0.4) is 0 Å². The molecule has 1 amide bonds. The van der Waals surface area contributed by atoms with Crippen molar-refractivity contribution in [3.63, 3.8) is 0 Å². The minimum Gasteiger partial charge on any atom is -0.357 e. The minimum absolute atomic E-state index is 0.0220. The van der Waals surface area contributed by atoms with Crippen molar-refractivity contribution in [3.8, 4) is 0 Å². The van der Waals surface area contributed by atoms with Gasteiger partial charge in [-0.1, -0.05) is 49.0 Å². The van der Waals surface area contributed by atoms with Gasteiger partial charge < -0.3 is 15.5 Å². The molecule has 29 heavy (non-hydrogen) atoms. The van der Waals surface area contributed by atoms with Gasteiger partial charge in [-0.15, -0.1) is 0 Å². The highest BCUT2D eigenvalue weighted by atomic mass is 16.2. The minimum atomic E-state index is -0.216. The molecule has 2 heterocycles. The molecule has 4 rings (SSSR count). The zero-order valence-electron chi connectivity index (χ0n) is 16.8. The van der Waals surface area contributed by atoms with E-state index in [9.17, 15) is 4.79 Å². The normalized spacial score (nSPS) is 19.9. The number of amidine groups is 1. The molecule has 1 saturated heterocycles. The molecule has 2 aromatic rings. The van der Waals surface area contributed by atoms with Gasteiger partial charge in [0.05, 0.1) is 30.4 Å². The highest BCUT2D eigenvalue weighted by Gasteiger charge is 2.28. The SMILES string of the molecule is C=C1Nc2ccccc2N=C(NC(=O)C[NH+]2CCCCCC2)C1c1ccccc1. The smallest absolute Gasteiger partial charge is 0.280 e. The number of amides is 1. The standard InChI is InChI=1S/C24H28N4O/c1-18-23(19-11-5-4-6-12-19)24(26-21-14-8-7-13-20(21)25-18)27-22(29)17-28-15-9-2-3-10-16-28/h4-8,11-14,23,25H,1-3,9-10,15-17H2,(H,26,27,29)/p+1. The summed E-state index contributed by atoms with van der Waals surface area (Å²) in [4.78, 5) is 19.2. The van der Waals surface area contributed by atoms with Crippen LogP contribution >= 0.6 is 0 Å². The van der Waals surface area contributed by atoms with E-state index in [1.807, 2.05) is 42.5 Å². The summed E-state index contributed by atoms with van der Waals surface area (Å²) in [7, 11) is 0. The summed E-state index contributed by atoms with van der Waals surface area (Å²) in [5, 5.41) is 6.53. The van der Waals surface area contributed by atoms with Crippen LogP contribution in [0, 0.1) is 0 Å². The van der Waals surface area contributed by atoms with Crippen molar-refractivity contribution >= 4 is 23.1 Å². The molecule has 5 nitrogen and oxygen atoms in total. The highest BCUT2D eigenvalue weighted by Crippen LogP contribution is 2.35. The van der Waals surface area contributed by atoms with E-state index in [0.717, 1.165) is 35.7 Å². The van der Waals surface area contributed by atoms with Gasteiger partial charge in [-0.2, -0.15) is 0 Å². The first-order valence-electron chi connectivity index (χ1n) is 10.5. The van der Waals surface area contributed by atoms with Gasteiger partial charge in [-0.3, -0.25) is 4.79 Å². The zero-order chi connectivity index (χ0) is 20.1. The average molecular weight is 390 g/mol. The molecule has 0 aliphatic carbocycles. The van der Waals surface area contributed by atoms with E-state index >= 15 is 0 Å². The van der Waals surface area contributed by atoms with E-state index < -0.39 is 0 Å². The van der Waals surface area contributed by atoms with Crippen molar-refractivity contribution in [3.05, 3.63) is 72.4 Å². The third-order valence-electron chi connectivity index (χ3n) is 5.68. The van der Waals surface area contributed by atoms with Crippen LogP contribution < -0.4 is 15.5 Å². The number of anilines is 1. The topological polar surface area (TPSA) is 57.9 Å². The number of nitrogens with one attached hydrogen (secondary N) is 3. The summed E-state index contributed by atoms with van der Waals surface area (Å²) in [6.07, 6.45) is 4.95. The molecule has 5 heteroatoms. The number of benzene rings is 2. The Labute approximate surface area is 172 Å². The predicted octanol–water partition coefficient (Wildman–Crippen LogP) is 3.01. The van der Waals surface area contributed by atoms with Crippen LogP contribution in [0.4, 0.5) is 11.4 Å². The van der Waals surface area contributed by atoms with Crippen molar-refractivity contribution in [2.45, 2.75) is 31.6 Å².